The predicted molar refractivity (Wildman–Crippen MR) is 109 cm³/mol. The lowest BCUT2D eigenvalue weighted by atomic mass is 9.84. The first-order valence-electron chi connectivity index (χ1n) is 9.37. The first-order chi connectivity index (χ1) is 13.1. The van der Waals surface area contributed by atoms with Gasteiger partial charge < -0.3 is 14.7 Å². The van der Waals surface area contributed by atoms with Gasteiger partial charge in [-0.05, 0) is 24.5 Å². The van der Waals surface area contributed by atoms with Crippen LogP contribution in [-0.4, -0.2) is 70.6 Å². The minimum absolute atomic E-state index is 0.00600. The summed E-state index contributed by atoms with van der Waals surface area (Å²) < 4.78 is 6.76. The zero-order valence-corrected chi connectivity index (χ0v) is 17.6. The predicted octanol–water partition coefficient (Wildman–Crippen LogP) is 3.26. The number of Topliss-reactive ketones (excluding diaryl/α,β-unsaturated/α-hetero) is 1. The lowest BCUT2D eigenvalue weighted by Gasteiger charge is -2.45. The van der Waals surface area contributed by atoms with E-state index < -0.39 is 6.09 Å². The van der Waals surface area contributed by atoms with Gasteiger partial charge in [0.2, 0.25) is 0 Å². The number of fused-ring (bicyclic) bond motifs is 1. The van der Waals surface area contributed by atoms with Crippen LogP contribution in [0.15, 0.2) is 18.2 Å². The van der Waals surface area contributed by atoms with E-state index in [0.29, 0.717) is 25.4 Å². The van der Waals surface area contributed by atoms with Crippen LogP contribution >= 0.6 is 11.3 Å². The SMILES string of the molecule is Cc1nc2cc(OCC(=O)CN3CCN(C(=O)O)[C@H](C(C)(C)C)C3)ccc2s1. The maximum Gasteiger partial charge on any atom is 0.407 e. The van der Waals surface area contributed by atoms with Crippen molar-refractivity contribution in [3.05, 3.63) is 23.2 Å². The molecule has 8 heteroatoms. The van der Waals surface area contributed by atoms with Gasteiger partial charge in [-0.2, -0.15) is 0 Å². The fourth-order valence-corrected chi connectivity index (χ4v) is 4.33. The van der Waals surface area contributed by atoms with Gasteiger partial charge in [0.1, 0.15) is 12.4 Å². The lowest BCUT2D eigenvalue weighted by Crippen LogP contribution is -2.60. The van der Waals surface area contributed by atoms with Gasteiger partial charge in [0.25, 0.3) is 0 Å². The van der Waals surface area contributed by atoms with Gasteiger partial charge in [0.05, 0.1) is 27.8 Å². The minimum Gasteiger partial charge on any atom is -0.486 e. The maximum absolute atomic E-state index is 12.4. The average molecular weight is 406 g/mol. The molecule has 0 aliphatic carbocycles. The van der Waals surface area contributed by atoms with Crippen molar-refractivity contribution < 1.29 is 19.4 Å². The number of carbonyl (C=O) groups is 2. The highest BCUT2D eigenvalue weighted by molar-refractivity contribution is 7.18. The first kappa shape index (κ1) is 20.5. The van der Waals surface area contributed by atoms with Gasteiger partial charge in [-0.3, -0.25) is 9.69 Å². The Morgan fingerprint density at radius 3 is 2.75 bits per heavy atom. The van der Waals surface area contributed by atoms with E-state index in [0.717, 1.165) is 15.2 Å². The number of aromatic nitrogens is 1. The lowest BCUT2D eigenvalue weighted by molar-refractivity contribution is -0.123. The number of carbonyl (C=O) groups excluding carboxylic acids is 1. The number of aryl methyl sites for hydroxylation is 1. The molecule has 0 unspecified atom stereocenters. The van der Waals surface area contributed by atoms with E-state index in [1.165, 1.54) is 4.90 Å². The fourth-order valence-electron chi connectivity index (χ4n) is 3.52. The summed E-state index contributed by atoms with van der Waals surface area (Å²) >= 11 is 1.63. The Morgan fingerprint density at radius 1 is 1.32 bits per heavy atom. The number of rotatable bonds is 5. The van der Waals surface area contributed by atoms with Gasteiger partial charge in [-0.15, -0.1) is 11.3 Å². The van der Waals surface area contributed by atoms with Crippen LogP contribution in [0.1, 0.15) is 25.8 Å². The number of nitrogens with zero attached hydrogens (tertiary/aromatic N) is 3. The molecular formula is C20H27N3O4S. The Labute approximate surface area is 168 Å². The van der Waals surface area contributed by atoms with Gasteiger partial charge in [0, 0.05) is 25.7 Å². The number of thiazole rings is 1. The molecule has 1 saturated heterocycles. The number of ether oxygens (including phenoxy) is 1. The van der Waals surface area contributed by atoms with Crippen molar-refractivity contribution in [1.82, 2.24) is 14.8 Å². The van der Waals surface area contributed by atoms with Crippen molar-refractivity contribution >= 4 is 33.4 Å². The van der Waals surface area contributed by atoms with E-state index in [4.69, 9.17) is 4.74 Å². The molecule has 1 N–H and O–H groups in total. The van der Waals surface area contributed by atoms with Crippen LogP contribution in [0, 0.1) is 12.3 Å². The van der Waals surface area contributed by atoms with Crippen LogP contribution < -0.4 is 4.74 Å². The topological polar surface area (TPSA) is 83.0 Å². The van der Waals surface area contributed by atoms with Gasteiger partial charge in [-0.1, -0.05) is 20.8 Å². The summed E-state index contributed by atoms with van der Waals surface area (Å²) in [6, 6.07) is 5.52. The zero-order chi connectivity index (χ0) is 20.5. The average Bonchev–Trinajstić information content (AvgIpc) is 2.98. The highest BCUT2D eigenvalue weighted by Crippen LogP contribution is 2.28. The molecule has 1 aromatic carbocycles. The molecule has 1 aromatic heterocycles. The molecule has 2 aromatic rings. The van der Waals surface area contributed by atoms with Gasteiger partial charge in [0.15, 0.2) is 5.78 Å². The largest absolute Gasteiger partial charge is 0.486 e. The Bertz CT molecular complexity index is 874. The standard InChI is InChI=1S/C20H27N3O4S/c1-13-21-16-9-15(5-6-17(16)28-13)27-12-14(24)10-22-7-8-23(19(25)26)18(11-22)20(2,3)4/h5-6,9,18H,7-8,10-12H2,1-4H3,(H,25,26)/t18-/m0/s1. The molecule has 1 aliphatic rings. The van der Waals surface area contributed by atoms with Crippen LogP contribution in [0.5, 0.6) is 5.75 Å². The molecule has 28 heavy (non-hydrogen) atoms. The van der Waals surface area contributed by atoms with Crippen LogP contribution in [0.25, 0.3) is 10.2 Å². The summed E-state index contributed by atoms with van der Waals surface area (Å²) in [5.41, 5.74) is 0.683. The number of hydrogen-bond donors (Lipinski definition) is 1. The smallest absolute Gasteiger partial charge is 0.407 e. The molecule has 1 aliphatic heterocycles. The summed E-state index contributed by atoms with van der Waals surface area (Å²) in [5.74, 6) is 0.611. The fraction of sp³-hybridized carbons (Fsp3) is 0.550. The molecule has 3 rings (SSSR count). The van der Waals surface area contributed by atoms with Crippen molar-refractivity contribution in [2.24, 2.45) is 5.41 Å². The van der Waals surface area contributed by atoms with Crippen LogP contribution in [0.4, 0.5) is 4.79 Å². The molecule has 0 bridgehead atoms. The molecule has 0 radical (unpaired) electrons. The summed E-state index contributed by atoms with van der Waals surface area (Å²) in [5, 5.41) is 10.4. The normalized spacial score (nSPS) is 18.4. The number of amides is 1. The molecule has 1 fully saturated rings. The Hall–Kier alpha value is -2.19. The molecular weight excluding hydrogens is 378 g/mol. The number of hydrogen-bond acceptors (Lipinski definition) is 6. The highest BCUT2D eigenvalue weighted by Gasteiger charge is 2.38. The van der Waals surface area contributed by atoms with Crippen LogP contribution in [-0.2, 0) is 4.79 Å². The minimum atomic E-state index is -0.901. The maximum atomic E-state index is 12.4. The van der Waals surface area contributed by atoms with Crippen LogP contribution in [0.2, 0.25) is 0 Å². The van der Waals surface area contributed by atoms with E-state index in [-0.39, 0.29) is 30.4 Å². The molecule has 2 heterocycles. The number of benzene rings is 1. The highest BCUT2D eigenvalue weighted by atomic mass is 32.1. The summed E-state index contributed by atoms with van der Waals surface area (Å²) in [4.78, 5) is 31.9. The number of carboxylic acid groups (broad SMARTS) is 1. The second-order valence-corrected chi connectivity index (χ2v) is 9.52. The summed E-state index contributed by atoms with van der Waals surface area (Å²) in [6.45, 7) is 9.80. The summed E-state index contributed by atoms with van der Waals surface area (Å²) in [7, 11) is 0. The van der Waals surface area contributed by atoms with E-state index in [1.54, 1.807) is 11.3 Å². The molecule has 7 nitrogen and oxygen atoms in total. The Morgan fingerprint density at radius 2 is 2.07 bits per heavy atom. The van der Waals surface area contributed by atoms with Gasteiger partial charge in [-0.25, -0.2) is 9.78 Å². The summed E-state index contributed by atoms with van der Waals surface area (Å²) in [6.07, 6.45) is -0.901. The number of piperazine rings is 1. The van der Waals surface area contributed by atoms with Crippen LogP contribution in [0.3, 0.4) is 0 Å². The Balaban J connectivity index is 1.56. The third kappa shape index (κ3) is 4.80. The first-order valence-corrected chi connectivity index (χ1v) is 10.2. The number of ketones is 1. The Kier molecular flexibility index (Phi) is 5.90. The molecule has 0 spiro atoms. The molecule has 152 valence electrons. The van der Waals surface area contributed by atoms with Crippen molar-refractivity contribution in [3.8, 4) is 5.75 Å². The van der Waals surface area contributed by atoms with Crippen molar-refractivity contribution in [2.45, 2.75) is 33.7 Å². The second kappa shape index (κ2) is 8.05. The quantitative estimate of drug-likeness (QED) is 0.822. The van der Waals surface area contributed by atoms with Gasteiger partial charge >= 0.3 is 6.09 Å². The van der Waals surface area contributed by atoms with Crippen molar-refractivity contribution in [2.75, 3.05) is 32.8 Å². The molecule has 1 amide bonds. The third-order valence-corrected chi connectivity index (χ3v) is 5.93. The molecule has 0 saturated carbocycles. The third-order valence-electron chi connectivity index (χ3n) is 4.98. The van der Waals surface area contributed by atoms with Crippen molar-refractivity contribution in [3.63, 3.8) is 0 Å². The van der Waals surface area contributed by atoms with E-state index in [1.807, 2.05) is 50.8 Å². The van der Waals surface area contributed by atoms with E-state index in [2.05, 4.69) is 4.98 Å². The zero-order valence-electron chi connectivity index (χ0n) is 16.8. The second-order valence-electron chi connectivity index (χ2n) is 8.28. The monoisotopic (exact) mass is 405 g/mol. The van der Waals surface area contributed by atoms with E-state index in [9.17, 15) is 14.7 Å². The molecule has 1 atom stereocenters. The van der Waals surface area contributed by atoms with E-state index >= 15 is 0 Å². The van der Waals surface area contributed by atoms with Crippen molar-refractivity contribution in [1.29, 1.82) is 0 Å².